The SMILES string of the molecule is N=C(N)c1cccc(OCCN(CC(N)=O)C2CN3CCC2CC3)c1. The van der Waals surface area contributed by atoms with E-state index in [2.05, 4.69) is 9.80 Å². The van der Waals surface area contributed by atoms with Gasteiger partial charge in [-0.15, -0.1) is 0 Å². The predicted octanol–water partition coefficient (Wildman–Crippen LogP) is 0.231. The Morgan fingerprint density at radius 1 is 1.32 bits per heavy atom. The quantitative estimate of drug-likeness (QED) is 0.462. The number of carbonyl (C=O) groups is 1. The molecular formula is C18H27N5O2. The largest absolute Gasteiger partial charge is 0.492 e. The second-order valence-electron chi connectivity index (χ2n) is 6.93. The van der Waals surface area contributed by atoms with Gasteiger partial charge in [0.1, 0.15) is 18.2 Å². The van der Waals surface area contributed by atoms with Crippen molar-refractivity contribution in [2.24, 2.45) is 17.4 Å². The molecule has 0 spiro atoms. The van der Waals surface area contributed by atoms with E-state index in [1.165, 1.54) is 25.9 Å². The third-order valence-corrected chi connectivity index (χ3v) is 5.24. The van der Waals surface area contributed by atoms with Gasteiger partial charge in [0, 0.05) is 24.7 Å². The first-order valence-electron chi connectivity index (χ1n) is 8.85. The predicted molar refractivity (Wildman–Crippen MR) is 96.7 cm³/mol. The second-order valence-corrected chi connectivity index (χ2v) is 6.93. The molecule has 3 heterocycles. The van der Waals surface area contributed by atoms with Crippen LogP contribution in [0.5, 0.6) is 5.75 Å². The van der Waals surface area contributed by atoms with E-state index in [0.717, 1.165) is 6.54 Å². The molecule has 3 aliphatic heterocycles. The van der Waals surface area contributed by atoms with Gasteiger partial charge in [-0.2, -0.15) is 0 Å². The molecule has 3 fully saturated rings. The number of ether oxygens (including phenoxy) is 1. The number of piperidine rings is 3. The van der Waals surface area contributed by atoms with Crippen LogP contribution in [0.15, 0.2) is 24.3 Å². The van der Waals surface area contributed by atoms with Crippen molar-refractivity contribution in [3.63, 3.8) is 0 Å². The minimum atomic E-state index is -0.296. The van der Waals surface area contributed by atoms with Gasteiger partial charge in [-0.25, -0.2) is 0 Å². The van der Waals surface area contributed by atoms with Gasteiger partial charge < -0.3 is 21.1 Å². The van der Waals surface area contributed by atoms with Gasteiger partial charge in [0.05, 0.1) is 6.54 Å². The fourth-order valence-corrected chi connectivity index (χ4v) is 3.94. The zero-order valence-corrected chi connectivity index (χ0v) is 14.5. The summed E-state index contributed by atoms with van der Waals surface area (Å²) in [7, 11) is 0. The average Bonchev–Trinajstić information content (AvgIpc) is 2.61. The lowest BCUT2D eigenvalue weighted by atomic mass is 9.83. The molecule has 136 valence electrons. The molecule has 0 aromatic heterocycles. The molecule has 7 heteroatoms. The van der Waals surface area contributed by atoms with Crippen molar-refractivity contribution < 1.29 is 9.53 Å². The summed E-state index contributed by atoms with van der Waals surface area (Å²) < 4.78 is 5.82. The maximum atomic E-state index is 11.5. The Bertz CT molecular complexity index is 628. The number of primary amides is 1. The third-order valence-electron chi connectivity index (χ3n) is 5.24. The molecule has 0 aliphatic carbocycles. The van der Waals surface area contributed by atoms with E-state index in [1.54, 1.807) is 12.1 Å². The summed E-state index contributed by atoms with van der Waals surface area (Å²) >= 11 is 0. The van der Waals surface area contributed by atoms with Gasteiger partial charge in [0.15, 0.2) is 0 Å². The number of hydrogen-bond acceptors (Lipinski definition) is 5. The smallest absolute Gasteiger partial charge is 0.231 e. The number of hydrogen-bond donors (Lipinski definition) is 3. The number of nitrogen functional groups attached to an aromatic ring is 1. The third kappa shape index (κ3) is 4.49. The topological polar surface area (TPSA) is 109 Å². The molecule has 1 unspecified atom stereocenters. The Hall–Kier alpha value is -2.12. The van der Waals surface area contributed by atoms with Crippen LogP contribution in [0.3, 0.4) is 0 Å². The standard InChI is InChI=1S/C18H27N5O2/c19-17(24)12-23(16-11-22-6-4-13(16)5-7-22)8-9-25-15-3-1-2-14(10-15)18(20)21/h1-3,10,13,16H,4-9,11-12H2,(H2,19,24)(H3,20,21). The monoisotopic (exact) mass is 345 g/mol. The summed E-state index contributed by atoms with van der Waals surface area (Å²) in [6.45, 7) is 4.74. The van der Waals surface area contributed by atoms with E-state index >= 15 is 0 Å². The number of nitrogens with zero attached hydrogens (tertiary/aromatic N) is 2. The number of benzene rings is 1. The first-order valence-corrected chi connectivity index (χ1v) is 8.85. The Kier molecular flexibility index (Phi) is 5.55. The van der Waals surface area contributed by atoms with Crippen LogP contribution in [0.25, 0.3) is 0 Å². The molecule has 7 nitrogen and oxygen atoms in total. The Balaban J connectivity index is 1.58. The number of nitrogens with one attached hydrogen (secondary N) is 1. The molecule has 25 heavy (non-hydrogen) atoms. The number of carbonyl (C=O) groups excluding carboxylic acids is 1. The second kappa shape index (κ2) is 7.84. The molecular weight excluding hydrogens is 318 g/mol. The summed E-state index contributed by atoms with van der Waals surface area (Å²) in [5.41, 5.74) is 11.6. The first-order chi connectivity index (χ1) is 12.0. The molecule has 1 aromatic carbocycles. The van der Waals surface area contributed by atoms with Gasteiger partial charge in [0.2, 0.25) is 5.91 Å². The van der Waals surface area contributed by atoms with E-state index in [9.17, 15) is 4.79 Å². The normalized spacial score (nSPS) is 25.1. The zero-order chi connectivity index (χ0) is 17.8. The lowest BCUT2D eigenvalue weighted by Crippen LogP contribution is -2.59. The van der Waals surface area contributed by atoms with Crippen molar-refractivity contribution in [2.45, 2.75) is 18.9 Å². The van der Waals surface area contributed by atoms with Crippen LogP contribution in [0.4, 0.5) is 0 Å². The minimum absolute atomic E-state index is 0.0214. The highest BCUT2D eigenvalue weighted by atomic mass is 16.5. The van der Waals surface area contributed by atoms with Crippen molar-refractivity contribution >= 4 is 11.7 Å². The van der Waals surface area contributed by atoms with Crippen molar-refractivity contribution in [2.75, 3.05) is 39.3 Å². The Morgan fingerprint density at radius 2 is 2.08 bits per heavy atom. The summed E-state index contributed by atoms with van der Waals surface area (Å²) in [6.07, 6.45) is 2.39. The highest BCUT2D eigenvalue weighted by Crippen LogP contribution is 2.30. The van der Waals surface area contributed by atoms with Gasteiger partial charge >= 0.3 is 0 Å². The Morgan fingerprint density at radius 3 is 2.68 bits per heavy atom. The lowest BCUT2D eigenvalue weighted by molar-refractivity contribution is -0.121. The molecule has 1 aromatic rings. The van der Waals surface area contributed by atoms with Crippen LogP contribution in [0, 0.1) is 11.3 Å². The van der Waals surface area contributed by atoms with Crippen molar-refractivity contribution in [1.82, 2.24) is 9.80 Å². The molecule has 1 atom stereocenters. The molecule has 2 bridgehead atoms. The summed E-state index contributed by atoms with van der Waals surface area (Å²) in [6, 6.07) is 7.58. The number of fused-ring (bicyclic) bond motifs is 3. The highest BCUT2D eigenvalue weighted by Gasteiger charge is 2.37. The van der Waals surface area contributed by atoms with Gasteiger partial charge in [-0.3, -0.25) is 15.1 Å². The van der Waals surface area contributed by atoms with Gasteiger partial charge in [-0.1, -0.05) is 12.1 Å². The average molecular weight is 345 g/mol. The number of amidine groups is 1. The van der Waals surface area contributed by atoms with Crippen LogP contribution in [0.1, 0.15) is 18.4 Å². The van der Waals surface area contributed by atoms with Crippen LogP contribution in [-0.2, 0) is 4.79 Å². The lowest BCUT2D eigenvalue weighted by Gasteiger charge is -2.48. The summed E-state index contributed by atoms with van der Waals surface area (Å²) in [5.74, 6) is 1.05. The molecule has 3 saturated heterocycles. The van der Waals surface area contributed by atoms with Crippen LogP contribution >= 0.6 is 0 Å². The van der Waals surface area contributed by atoms with E-state index in [4.69, 9.17) is 21.6 Å². The molecule has 1 amide bonds. The molecule has 3 aliphatic rings. The number of rotatable bonds is 8. The summed E-state index contributed by atoms with van der Waals surface area (Å²) in [5, 5.41) is 7.49. The van der Waals surface area contributed by atoms with Crippen LogP contribution < -0.4 is 16.2 Å². The van der Waals surface area contributed by atoms with Crippen molar-refractivity contribution in [3.8, 4) is 5.75 Å². The summed E-state index contributed by atoms with van der Waals surface area (Å²) in [4.78, 5) is 16.1. The number of amides is 1. The fraction of sp³-hybridized carbons (Fsp3) is 0.556. The maximum Gasteiger partial charge on any atom is 0.231 e. The fourth-order valence-electron chi connectivity index (χ4n) is 3.94. The molecule has 5 N–H and O–H groups in total. The van der Waals surface area contributed by atoms with Crippen LogP contribution in [-0.4, -0.2) is 66.9 Å². The molecule has 4 rings (SSSR count). The van der Waals surface area contributed by atoms with Crippen molar-refractivity contribution in [3.05, 3.63) is 29.8 Å². The minimum Gasteiger partial charge on any atom is -0.492 e. The van der Waals surface area contributed by atoms with E-state index in [0.29, 0.717) is 36.4 Å². The van der Waals surface area contributed by atoms with E-state index < -0.39 is 0 Å². The number of nitrogens with two attached hydrogens (primary N) is 2. The van der Waals surface area contributed by atoms with Gasteiger partial charge in [0.25, 0.3) is 0 Å². The molecule has 0 radical (unpaired) electrons. The maximum absolute atomic E-state index is 11.5. The van der Waals surface area contributed by atoms with Crippen LogP contribution in [0.2, 0.25) is 0 Å². The van der Waals surface area contributed by atoms with E-state index in [1.807, 2.05) is 12.1 Å². The van der Waals surface area contributed by atoms with Gasteiger partial charge in [-0.05, 0) is 44.0 Å². The first kappa shape index (κ1) is 17.7. The highest BCUT2D eigenvalue weighted by molar-refractivity contribution is 5.95. The zero-order valence-electron chi connectivity index (χ0n) is 14.5. The van der Waals surface area contributed by atoms with Crippen molar-refractivity contribution in [1.29, 1.82) is 5.41 Å². The van der Waals surface area contributed by atoms with E-state index in [-0.39, 0.29) is 18.3 Å². The Labute approximate surface area is 148 Å². The molecule has 0 saturated carbocycles.